The molecule has 22 heavy (non-hydrogen) atoms. The van der Waals surface area contributed by atoms with Gasteiger partial charge in [0.1, 0.15) is 0 Å². The van der Waals surface area contributed by atoms with Gasteiger partial charge in [-0.25, -0.2) is 0 Å². The molecule has 126 valence electrons. The van der Waals surface area contributed by atoms with Gasteiger partial charge < -0.3 is 5.32 Å². The predicted octanol–water partition coefficient (Wildman–Crippen LogP) is 5.11. The molecule has 3 saturated carbocycles. The summed E-state index contributed by atoms with van der Waals surface area (Å²) in [5.41, 5.74) is 0.656. The quantitative estimate of drug-likeness (QED) is 0.709. The summed E-state index contributed by atoms with van der Waals surface area (Å²) in [6.45, 7) is 10.1. The topological polar surface area (TPSA) is 12.0 Å². The molecule has 1 N–H and O–H groups in total. The molecule has 2 bridgehead atoms. The van der Waals surface area contributed by atoms with Crippen LogP contribution >= 0.6 is 0 Å². The van der Waals surface area contributed by atoms with Crippen molar-refractivity contribution >= 4 is 0 Å². The average Bonchev–Trinajstić information content (AvgIpc) is 3.20. The molecule has 7 atom stereocenters. The second-order valence-corrected chi connectivity index (χ2v) is 9.62. The highest BCUT2D eigenvalue weighted by Gasteiger charge is 2.55. The van der Waals surface area contributed by atoms with E-state index in [0.717, 1.165) is 41.4 Å². The summed E-state index contributed by atoms with van der Waals surface area (Å²) >= 11 is 0. The summed E-state index contributed by atoms with van der Waals surface area (Å²) in [4.78, 5) is 0. The van der Waals surface area contributed by atoms with Crippen molar-refractivity contribution in [3.05, 3.63) is 0 Å². The minimum Gasteiger partial charge on any atom is -0.316 e. The molecule has 1 heteroatoms. The number of nitrogens with one attached hydrogen (secondary N) is 1. The van der Waals surface area contributed by atoms with Crippen molar-refractivity contribution in [3.63, 3.8) is 0 Å². The Hall–Kier alpha value is -0.0400. The Morgan fingerprint density at radius 3 is 2.27 bits per heavy atom. The summed E-state index contributed by atoms with van der Waals surface area (Å²) in [6, 6.07) is 0. The van der Waals surface area contributed by atoms with Gasteiger partial charge in [-0.05, 0) is 92.0 Å². The Labute approximate surface area is 138 Å². The van der Waals surface area contributed by atoms with Gasteiger partial charge in [-0.3, -0.25) is 0 Å². The van der Waals surface area contributed by atoms with E-state index in [-0.39, 0.29) is 0 Å². The fourth-order valence-electron chi connectivity index (χ4n) is 7.15. The van der Waals surface area contributed by atoms with Gasteiger partial charge in [0.15, 0.2) is 0 Å². The summed E-state index contributed by atoms with van der Waals surface area (Å²) in [7, 11) is 0. The molecule has 5 fully saturated rings. The molecule has 0 spiro atoms. The Balaban J connectivity index is 1.44. The molecular formula is C21H37N. The Morgan fingerprint density at radius 1 is 0.955 bits per heavy atom. The van der Waals surface area contributed by atoms with Crippen molar-refractivity contribution in [3.8, 4) is 0 Å². The van der Waals surface area contributed by atoms with Crippen LogP contribution in [0.3, 0.4) is 0 Å². The maximum absolute atomic E-state index is 3.89. The van der Waals surface area contributed by atoms with Crippen molar-refractivity contribution in [1.82, 2.24) is 5.32 Å². The third-order valence-corrected chi connectivity index (χ3v) is 8.75. The largest absolute Gasteiger partial charge is 0.316 e. The summed E-state index contributed by atoms with van der Waals surface area (Å²) in [6.07, 6.45) is 12.1. The first kappa shape index (κ1) is 15.5. The van der Waals surface area contributed by atoms with Crippen LogP contribution < -0.4 is 5.32 Å². The van der Waals surface area contributed by atoms with E-state index in [9.17, 15) is 0 Å². The van der Waals surface area contributed by atoms with Gasteiger partial charge in [-0.1, -0.05) is 40.0 Å². The zero-order valence-corrected chi connectivity index (χ0v) is 15.1. The highest BCUT2D eigenvalue weighted by atomic mass is 14.9. The van der Waals surface area contributed by atoms with Crippen molar-refractivity contribution in [2.45, 2.75) is 72.1 Å². The van der Waals surface area contributed by atoms with E-state index in [2.05, 4.69) is 26.1 Å². The van der Waals surface area contributed by atoms with Gasteiger partial charge >= 0.3 is 0 Å². The van der Waals surface area contributed by atoms with Crippen molar-refractivity contribution < 1.29 is 0 Å². The molecule has 5 rings (SSSR count). The molecule has 2 heterocycles. The maximum atomic E-state index is 3.89. The second kappa shape index (κ2) is 5.80. The number of hydrogen-bond donors (Lipinski definition) is 1. The molecule has 0 aromatic rings. The van der Waals surface area contributed by atoms with Gasteiger partial charge in [0, 0.05) is 0 Å². The van der Waals surface area contributed by atoms with Crippen LogP contribution in [-0.4, -0.2) is 13.1 Å². The van der Waals surface area contributed by atoms with Crippen LogP contribution in [0.25, 0.3) is 0 Å². The lowest BCUT2D eigenvalue weighted by Crippen LogP contribution is -2.51. The monoisotopic (exact) mass is 303 g/mol. The minimum absolute atomic E-state index is 0.656. The third-order valence-electron chi connectivity index (χ3n) is 8.75. The van der Waals surface area contributed by atoms with Gasteiger partial charge in [0.25, 0.3) is 0 Å². The van der Waals surface area contributed by atoms with E-state index < -0.39 is 0 Å². The molecule has 5 aliphatic rings. The lowest BCUT2D eigenvalue weighted by Gasteiger charge is -2.57. The van der Waals surface area contributed by atoms with E-state index in [1.54, 1.807) is 12.8 Å². The van der Waals surface area contributed by atoms with Crippen molar-refractivity contribution in [2.24, 2.45) is 46.8 Å². The lowest BCUT2D eigenvalue weighted by atomic mass is 9.48. The first-order valence-corrected chi connectivity index (χ1v) is 10.3. The van der Waals surface area contributed by atoms with E-state index in [1.807, 2.05) is 0 Å². The Bertz CT molecular complexity index is 403. The molecular weight excluding hydrogens is 266 g/mol. The Kier molecular flexibility index (Phi) is 4.08. The first-order valence-electron chi connectivity index (χ1n) is 10.3. The van der Waals surface area contributed by atoms with Crippen LogP contribution in [0.15, 0.2) is 0 Å². The molecule has 7 unspecified atom stereocenters. The second-order valence-electron chi connectivity index (χ2n) is 9.62. The van der Waals surface area contributed by atoms with Crippen LogP contribution in [0, 0.1) is 46.8 Å². The maximum Gasteiger partial charge on any atom is -0.00177 e. The SMILES string of the molecule is CC(C)C12CCNCC3CCCC4C(CCCC(C1)C2C)C34. The zero-order chi connectivity index (χ0) is 15.3. The van der Waals surface area contributed by atoms with Crippen molar-refractivity contribution in [1.29, 1.82) is 0 Å². The normalized spacial score (nSPS) is 51.8. The van der Waals surface area contributed by atoms with E-state index in [1.165, 1.54) is 51.6 Å². The van der Waals surface area contributed by atoms with Gasteiger partial charge in [-0.2, -0.15) is 0 Å². The molecule has 0 amide bonds. The fraction of sp³-hybridized carbons (Fsp3) is 1.00. The van der Waals surface area contributed by atoms with Crippen LogP contribution in [-0.2, 0) is 0 Å². The highest BCUT2D eigenvalue weighted by Crippen LogP contribution is 2.62. The molecule has 3 aliphatic carbocycles. The number of hydrogen-bond acceptors (Lipinski definition) is 1. The molecule has 2 aliphatic heterocycles. The van der Waals surface area contributed by atoms with Gasteiger partial charge in [-0.15, -0.1) is 0 Å². The standard InChI is InChI=1S/C21H37N/c1-14(2)21-10-11-22-13-17-7-5-9-19-18(20(17)19)8-4-6-16(12-21)15(21)3/h14-20,22H,4-13H2,1-3H3. The molecule has 0 aromatic carbocycles. The minimum atomic E-state index is 0.656. The van der Waals surface area contributed by atoms with E-state index in [4.69, 9.17) is 0 Å². The zero-order valence-electron chi connectivity index (χ0n) is 15.1. The first-order chi connectivity index (χ1) is 10.6. The van der Waals surface area contributed by atoms with E-state index >= 15 is 0 Å². The highest BCUT2D eigenvalue weighted by molar-refractivity contribution is 5.05. The van der Waals surface area contributed by atoms with Gasteiger partial charge in [0.05, 0.1) is 0 Å². The average molecular weight is 304 g/mol. The smallest absolute Gasteiger partial charge is 0.00177 e. The van der Waals surface area contributed by atoms with Crippen LogP contribution in [0.2, 0.25) is 0 Å². The summed E-state index contributed by atoms with van der Waals surface area (Å²) < 4.78 is 0. The molecule has 2 saturated heterocycles. The third kappa shape index (κ3) is 2.38. The van der Waals surface area contributed by atoms with E-state index in [0.29, 0.717) is 5.41 Å². The number of fused-ring (bicyclic) bond motifs is 5. The van der Waals surface area contributed by atoms with Gasteiger partial charge in [0.2, 0.25) is 0 Å². The summed E-state index contributed by atoms with van der Waals surface area (Å²) in [5, 5.41) is 3.89. The summed E-state index contributed by atoms with van der Waals surface area (Å²) in [5.74, 6) is 7.26. The van der Waals surface area contributed by atoms with Crippen LogP contribution in [0.1, 0.15) is 72.1 Å². The lowest BCUT2D eigenvalue weighted by molar-refractivity contribution is -0.0808. The molecule has 0 aromatic heterocycles. The Morgan fingerprint density at radius 2 is 1.64 bits per heavy atom. The molecule has 0 radical (unpaired) electrons. The van der Waals surface area contributed by atoms with Crippen LogP contribution in [0.4, 0.5) is 0 Å². The van der Waals surface area contributed by atoms with Crippen LogP contribution in [0.5, 0.6) is 0 Å². The van der Waals surface area contributed by atoms with Crippen molar-refractivity contribution in [2.75, 3.05) is 13.1 Å². The molecule has 1 nitrogen and oxygen atoms in total. The predicted molar refractivity (Wildman–Crippen MR) is 93.7 cm³/mol. The fourth-order valence-corrected chi connectivity index (χ4v) is 7.15. The number of rotatable bonds is 1.